The number of rotatable bonds is 7. The zero-order valence-corrected chi connectivity index (χ0v) is 21.0. The second-order valence-electron chi connectivity index (χ2n) is 8.96. The monoisotopic (exact) mass is 519 g/mol. The van der Waals surface area contributed by atoms with Gasteiger partial charge in [0, 0.05) is 24.8 Å². The number of carbonyl (C=O) groups is 2. The highest BCUT2D eigenvalue weighted by molar-refractivity contribution is 7.92. The molecular weight excluding hydrogens is 489 g/mol. The van der Waals surface area contributed by atoms with Crippen LogP contribution in [0.2, 0.25) is 0 Å². The minimum Gasteiger partial charge on any atom is -0.490 e. The van der Waals surface area contributed by atoms with Gasteiger partial charge in [0.2, 0.25) is 15.9 Å². The summed E-state index contributed by atoms with van der Waals surface area (Å²) in [6, 6.07) is 10.6. The van der Waals surface area contributed by atoms with Gasteiger partial charge >= 0.3 is 0 Å². The lowest BCUT2D eigenvalue weighted by Crippen LogP contribution is -2.53. The van der Waals surface area contributed by atoms with Crippen LogP contribution in [0.3, 0.4) is 0 Å². The van der Waals surface area contributed by atoms with E-state index in [1.54, 1.807) is 42.3 Å². The van der Waals surface area contributed by atoms with Crippen molar-refractivity contribution in [2.75, 3.05) is 24.1 Å². The Morgan fingerprint density at radius 2 is 1.97 bits per heavy atom. The van der Waals surface area contributed by atoms with Crippen LogP contribution in [0.25, 0.3) is 0 Å². The van der Waals surface area contributed by atoms with E-state index >= 15 is 0 Å². The molecule has 4 rings (SSSR count). The smallest absolute Gasteiger partial charge is 0.257 e. The summed E-state index contributed by atoms with van der Waals surface area (Å²) in [4.78, 5) is 27.3. The number of amides is 2. The molecule has 1 fully saturated rings. The number of likely N-dealkylation sites (N-methyl/N-ethyl adjacent to an activating group) is 1. The van der Waals surface area contributed by atoms with Crippen molar-refractivity contribution in [3.05, 3.63) is 59.4 Å². The third-order valence-corrected chi connectivity index (χ3v) is 7.82. The predicted molar refractivity (Wildman–Crippen MR) is 132 cm³/mol. The summed E-state index contributed by atoms with van der Waals surface area (Å²) in [5.41, 5.74) is 0.967. The lowest BCUT2D eigenvalue weighted by Gasteiger charge is -2.42. The highest BCUT2D eigenvalue weighted by atomic mass is 32.2. The van der Waals surface area contributed by atoms with E-state index in [0.29, 0.717) is 29.8 Å². The second-order valence-corrected chi connectivity index (χ2v) is 11.0. The Bertz CT molecular complexity index is 1240. The first-order valence-corrected chi connectivity index (χ1v) is 13.5. The Labute approximate surface area is 210 Å². The molecule has 2 aromatic carbocycles. The molecule has 0 bridgehead atoms. The van der Waals surface area contributed by atoms with Crippen molar-refractivity contribution >= 4 is 27.5 Å². The number of ether oxygens (including phenoxy) is 2. The Balaban J connectivity index is 1.40. The summed E-state index contributed by atoms with van der Waals surface area (Å²) in [6.07, 6.45) is 0.494. The van der Waals surface area contributed by atoms with E-state index in [2.05, 4.69) is 10.0 Å². The number of nitrogens with one attached hydrogen (secondary N) is 2. The minimum absolute atomic E-state index is 0.0855. The molecular formula is C25H30FN3O6S. The number of hydrogen-bond donors (Lipinski definition) is 2. The zero-order chi connectivity index (χ0) is 25.9. The van der Waals surface area contributed by atoms with Gasteiger partial charge in [-0.3, -0.25) is 14.3 Å². The van der Waals surface area contributed by atoms with Crippen LogP contribution in [0.5, 0.6) is 5.75 Å². The standard InChI is InChI=1S/C25H30FN3O6S/c1-3-36(32,33)28-17-8-11-22-19(12-17)25(31)29(2)21-10-9-18(35-23(21)15-34-22)13-24(30)27-14-16-6-4-5-7-20(16)26/h4-8,11-12,18,21,23,28H,3,9-10,13-15H2,1-2H3,(H,27,30)/t18-,21+,23-/m0/s1. The predicted octanol–water partition coefficient (Wildman–Crippen LogP) is 2.67. The van der Waals surface area contributed by atoms with Gasteiger partial charge in [0.25, 0.3) is 5.91 Å². The number of halogens is 1. The van der Waals surface area contributed by atoms with E-state index in [0.717, 1.165) is 0 Å². The van der Waals surface area contributed by atoms with Crippen LogP contribution >= 0.6 is 0 Å². The third kappa shape index (κ3) is 5.96. The minimum atomic E-state index is -3.49. The molecule has 2 amide bonds. The Morgan fingerprint density at radius 3 is 2.72 bits per heavy atom. The molecule has 11 heteroatoms. The maximum atomic E-state index is 13.8. The molecule has 194 valence electrons. The molecule has 1 saturated heterocycles. The van der Waals surface area contributed by atoms with E-state index in [1.807, 2.05) is 0 Å². The van der Waals surface area contributed by atoms with E-state index < -0.39 is 16.1 Å². The average Bonchev–Trinajstić information content (AvgIpc) is 2.86. The maximum Gasteiger partial charge on any atom is 0.257 e. The molecule has 0 saturated carbocycles. The van der Waals surface area contributed by atoms with Crippen LogP contribution in [0.1, 0.15) is 42.1 Å². The van der Waals surface area contributed by atoms with Crippen molar-refractivity contribution in [2.45, 2.75) is 51.0 Å². The van der Waals surface area contributed by atoms with Crippen LogP contribution in [0.15, 0.2) is 42.5 Å². The fraction of sp³-hybridized carbons (Fsp3) is 0.440. The van der Waals surface area contributed by atoms with Gasteiger partial charge < -0.3 is 19.7 Å². The number of anilines is 1. The van der Waals surface area contributed by atoms with Crippen LogP contribution in [0.4, 0.5) is 10.1 Å². The fourth-order valence-electron chi connectivity index (χ4n) is 4.46. The highest BCUT2D eigenvalue weighted by Gasteiger charge is 2.39. The Morgan fingerprint density at radius 1 is 1.19 bits per heavy atom. The van der Waals surface area contributed by atoms with Crippen LogP contribution in [-0.4, -0.2) is 62.8 Å². The van der Waals surface area contributed by atoms with Gasteiger partial charge in [0.05, 0.1) is 29.9 Å². The summed E-state index contributed by atoms with van der Waals surface area (Å²) < 4.78 is 52.2. The molecule has 36 heavy (non-hydrogen) atoms. The van der Waals surface area contributed by atoms with Crippen molar-refractivity contribution in [3.63, 3.8) is 0 Å². The summed E-state index contributed by atoms with van der Waals surface area (Å²) in [5.74, 6) is -0.674. The first-order chi connectivity index (χ1) is 17.2. The number of nitrogens with zero attached hydrogens (tertiary/aromatic N) is 1. The summed E-state index contributed by atoms with van der Waals surface area (Å²) >= 11 is 0. The molecule has 2 heterocycles. The van der Waals surface area contributed by atoms with Crippen molar-refractivity contribution in [1.29, 1.82) is 0 Å². The highest BCUT2D eigenvalue weighted by Crippen LogP contribution is 2.32. The van der Waals surface area contributed by atoms with Gasteiger partial charge in [-0.25, -0.2) is 12.8 Å². The van der Waals surface area contributed by atoms with Crippen molar-refractivity contribution in [3.8, 4) is 5.75 Å². The molecule has 0 radical (unpaired) electrons. The molecule has 9 nitrogen and oxygen atoms in total. The summed E-state index contributed by atoms with van der Waals surface area (Å²) in [5, 5.41) is 2.73. The number of benzene rings is 2. The number of fused-ring (bicyclic) bond motifs is 2. The van der Waals surface area contributed by atoms with E-state index in [9.17, 15) is 22.4 Å². The topological polar surface area (TPSA) is 114 Å². The molecule has 0 spiro atoms. The first kappa shape index (κ1) is 25.9. The van der Waals surface area contributed by atoms with Gasteiger partial charge in [-0.15, -0.1) is 0 Å². The average molecular weight is 520 g/mol. The van der Waals surface area contributed by atoms with Gasteiger partial charge in [-0.2, -0.15) is 0 Å². The molecule has 2 N–H and O–H groups in total. The van der Waals surface area contributed by atoms with Gasteiger partial charge in [0.1, 0.15) is 24.3 Å². The van der Waals surface area contributed by atoms with Gasteiger partial charge in [0.15, 0.2) is 0 Å². The molecule has 2 aliphatic rings. The third-order valence-electron chi connectivity index (χ3n) is 6.51. The molecule has 2 aromatic rings. The van der Waals surface area contributed by atoms with E-state index in [-0.39, 0.29) is 60.7 Å². The summed E-state index contributed by atoms with van der Waals surface area (Å²) in [7, 11) is -1.81. The first-order valence-electron chi connectivity index (χ1n) is 11.9. The zero-order valence-electron chi connectivity index (χ0n) is 20.2. The largest absolute Gasteiger partial charge is 0.490 e. The maximum absolute atomic E-state index is 13.8. The quantitative estimate of drug-likeness (QED) is 0.582. The lowest BCUT2D eigenvalue weighted by atomic mass is 9.94. The van der Waals surface area contributed by atoms with E-state index in [1.165, 1.54) is 19.1 Å². The SMILES string of the molecule is CCS(=O)(=O)Nc1ccc2c(c1)C(=O)N(C)[C@@H]1CC[C@@H](CC(=O)NCc3ccccc3F)O[C@H]1CO2. The van der Waals surface area contributed by atoms with Crippen molar-refractivity contribution < 1.29 is 31.9 Å². The van der Waals surface area contributed by atoms with Crippen molar-refractivity contribution in [2.24, 2.45) is 0 Å². The number of carbonyl (C=O) groups excluding carboxylic acids is 2. The molecule has 2 aliphatic heterocycles. The Kier molecular flexibility index (Phi) is 7.79. The van der Waals surface area contributed by atoms with Crippen LogP contribution < -0.4 is 14.8 Å². The summed E-state index contributed by atoms with van der Waals surface area (Å²) in [6.45, 7) is 1.79. The second kappa shape index (κ2) is 10.8. The van der Waals surface area contributed by atoms with Crippen LogP contribution in [0, 0.1) is 5.82 Å². The lowest BCUT2D eigenvalue weighted by molar-refractivity contribution is -0.134. The molecule has 0 unspecified atom stereocenters. The molecule has 0 aliphatic carbocycles. The molecule has 0 aromatic heterocycles. The van der Waals surface area contributed by atoms with E-state index in [4.69, 9.17) is 9.47 Å². The molecule has 3 atom stereocenters. The number of sulfonamides is 1. The van der Waals surface area contributed by atoms with Crippen LogP contribution in [-0.2, 0) is 26.1 Å². The fourth-order valence-corrected chi connectivity index (χ4v) is 5.09. The van der Waals surface area contributed by atoms with Gasteiger partial charge in [-0.05, 0) is 44.0 Å². The van der Waals surface area contributed by atoms with Crippen molar-refractivity contribution in [1.82, 2.24) is 10.2 Å². The van der Waals surface area contributed by atoms with Gasteiger partial charge in [-0.1, -0.05) is 18.2 Å². The number of hydrogen-bond acceptors (Lipinski definition) is 6. The normalized spacial score (nSPS) is 21.9. The Hall–Kier alpha value is -3.18.